The number of nitrogens with zero attached hydrogens (tertiary/aromatic N) is 5. The molecular formula is C31H32F3N5O3. The molecule has 4 aromatic rings. The lowest BCUT2D eigenvalue weighted by atomic mass is 9.94. The molecule has 3 fully saturated rings. The van der Waals surface area contributed by atoms with Gasteiger partial charge in [0.05, 0.1) is 24.1 Å². The SMILES string of the molecule is CCc1c(F)ccc2cc(O)cc(-c3ncc4c(N5CCOCC5)nc(OC[C@@]56CCCN5CC(F)C6)nc4c3F)c12. The highest BCUT2D eigenvalue weighted by Gasteiger charge is 2.49. The van der Waals surface area contributed by atoms with E-state index in [0.717, 1.165) is 19.4 Å². The van der Waals surface area contributed by atoms with Gasteiger partial charge in [-0.15, -0.1) is 0 Å². The van der Waals surface area contributed by atoms with Crippen molar-refractivity contribution in [3.05, 3.63) is 47.7 Å². The van der Waals surface area contributed by atoms with E-state index in [1.165, 1.54) is 24.4 Å². The first kappa shape index (κ1) is 27.2. The minimum atomic E-state index is -0.906. The Labute approximate surface area is 241 Å². The zero-order valence-corrected chi connectivity index (χ0v) is 23.4. The van der Waals surface area contributed by atoms with Gasteiger partial charge in [0, 0.05) is 37.8 Å². The Morgan fingerprint density at radius 3 is 2.79 bits per heavy atom. The van der Waals surface area contributed by atoms with E-state index in [1.807, 2.05) is 11.8 Å². The van der Waals surface area contributed by atoms with Crippen LogP contribution in [-0.4, -0.2) is 82.7 Å². The molecule has 1 unspecified atom stereocenters. The van der Waals surface area contributed by atoms with Crippen LogP contribution >= 0.6 is 0 Å². The maximum Gasteiger partial charge on any atom is 0.319 e. The van der Waals surface area contributed by atoms with Gasteiger partial charge in [0.15, 0.2) is 5.82 Å². The van der Waals surface area contributed by atoms with Gasteiger partial charge >= 0.3 is 6.01 Å². The molecular weight excluding hydrogens is 547 g/mol. The molecule has 2 aromatic carbocycles. The first-order valence-electron chi connectivity index (χ1n) is 14.5. The van der Waals surface area contributed by atoms with Gasteiger partial charge in [-0.25, -0.2) is 13.2 Å². The zero-order chi connectivity index (χ0) is 29.0. The standard InChI is InChI=1S/C31H32F3N5O3/c1-2-21-24(33)5-4-18-12-20(40)13-22(25(18)21)27-26(34)28-23(15-35-27)29(38-8-10-41-11-9-38)37-30(36-28)42-17-31-6-3-7-39(31)16-19(32)14-31/h4-5,12-13,15,19,40H,2-3,6-11,14,16-17H2,1H3/t19?,31-/m0/s1. The van der Waals surface area contributed by atoms with Gasteiger partial charge in [0.2, 0.25) is 0 Å². The van der Waals surface area contributed by atoms with E-state index in [9.17, 15) is 13.9 Å². The molecule has 7 rings (SSSR count). The van der Waals surface area contributed by atoms with E-state index in [4.69, 9.17) is 14.5 Å². The topological polar surface area (TPSA) is 83.8 Å². The minimum Gasteiger partial charge on any atom is -0.508 e. The lowest BCUT2D eigenvalue weighted by molar-refractivity contribution is 0.107. The summed E-state index contributed by atoms with van der Waals surface area (Å²) in [7, 11) is 0. The fraction of sp³-hybridized carbons (Fsp3) is 0.452. The Kier molecular flexibility index (Phi) is 6.81. The molecule has 42 heavy (non-hydrogen) atoms. The van der Waals surface area contributed by atoms with Crippen LogP contribution in [0, 0.1) is 11.6 Å². The van der Waals surface area contributed by atoms with Crippen LogP contribution in [-0.2, 0) is 11.2 Å². The molecule has 0 amide bonds. The molecule has 2 atom stereocenters. The number of hydrogen-bond acceptors (Lipinski definition) is 8. The number of fused-ring (bicyclic) bond motifs is 3. The Morgan fingerprint density at radius 1 is 1.14 bits per heavy atom. The van der Waals surface area contributed by atoms with E-state index >= 15 is 4.39 Å². The maximum atomic E-state index is 16.6. The van der Waals surface area contributed by atoms with Gasteiger partial charge in [-0.05, 0) is 60.3 Å². The van der Waals surface area contributed by atoms with E-state index in [-0.39, 0.29) is 35.1 Å². The fourth-order valence-corrected chi connectivity index (χ4v) is 6.97. The van der Waals surface area contributed by atoms with Crippen LogP contribution in [0.4, 0.5) is 19.0 Å². The second-order valence-electron chi connectivity index (χ2n) is 11.4. The highest BCUT2D eigenvalue weighted by molar-refractivity contribution is 6.01. The van der Waals surface area contributed by atoms with E-state index in [0.29, 0.717) is 73.2 Å². The number of aromatic nitrogens is 3. The lowest BCUT2D eigenvalue weighted by Crippen LogP contribution is -2.43. The van der Waals surface area contributed by atoms with Gasteiger partial charge < -0.3 is 19.5 Å². The van der Waals surface area contributed by atoms with Gasteiger partial charge in [-0.2, -0.15) is 9.97 Å². The predicted molar refractivity (Wildman–Crippen MR) is 153 cm³/mol. The smallest absolute Gasteiger partial charge is 0.319 e. The number of ether oxygens (including phenoxy) is 2. The number of pyridine rings is 1. The average Bonchev–Trinajstić information content (AvgIpc) is 3.52. The maximum absolute atomic E-state index is 16.6. The molecule has 0 spiro atoms. The molecule has 1 N–H and O–H groups in total. The van der Waals surface area contributed by atoms with Gasteiger partial charge in [0.25, 0.3) is 0 Å². The summed E-state index contributed by atoms with van der Waals surface area (Å²) < 4.78 is 57.5. The quantitative estimate of drug-likeness (QED) is 0.335. The molecule has 220 valence electrons. The van der Waals surface area contributed by atoms with Gasteiger partial charge in [0.1, 0.15) is 41.4 Å². The van der Waals surface area contributed by atoms with Crippen molar-refractivity contribution in [2.24, 2.45) is 0 Å². The first-order valence-corrected chi connectivity index (χ1v) is 14.5. The molecule has 0 aliphatic carbocycles. The van der Waals surface area contributed by atoms with Crippen molar-refractivity contribution in [2.45, 2.75) is 44.3 Å². The van der Waals surface area contributed by atoms with Crippen LogP contribution in [0.3, 0.4) is 0 Å². The second-order valence-corrected chi connectivity index (χ2v) is 11.4. The van der Waals surface area contributed by atoms with E-state index in [1.54, 1.807) is 6.07 Å². The molecule has 3 saturated heterocycles. The van der Waals surface area contributed by atoms with Gasteiger partial charge in [-0.3, -0.25) is 9.88 Å². The average molecular weight is 580 g/mol. The number of alkyl halides is 1. The van der Waals surface area contributed by atoms with Crippen molar-refractivity contribution < 1.29 is 27.8 Å². The third kappa shape index (κ3) is 4.50. The summed E-state index contributed by atoms with van der Waals surface area (Å²) in [4.78, 5) is 17.8. The van der Waals surface area contributed by atoms with Crippen LogP contribution in [0.25, 0.3) is 32.9 Å². The second kappa shape index (κ2) is 10.5. The summed E-state index contributed by atoms with van der Waals surface area (Å²) in [6, 6.07) is 5.84. The molecule has 0 radical (unpaired) electrons. The summed E-state index contributed by atoms with van der Waals surface area (Å²) in [5, 5.41) is 12.0. The molecule has 0 saturated carbocycles. The summed E-state index contributed by atoms with van der Waals surface area (Å²) in [5.74, 6) is -0.740. The predicted octanol–water partition coefficient (Wildman–Crippen LogP) is 5.18. The number of aromatic hydroxyl groups is 1. The third-order valence-corrected chi connectivity index (χ3v) is 8.95. The Bertz CT molecular complexity index is 1680. The van der Waals surface area contributed by atoms with Crippen molar-refractivity contribution in [1.82, 2.24) is 19.9 Å². The summed E-state index contributed by atoms with van der Waals surface area (Å²) in [5.41, 5.74) is 0.216. The molecule has 3 aliphatic rings. The number of anilines is 1. The third-order valence-electron chi connectivity index (χ3n) is 8.95. The number of rotatable bonds is 6. The van der Waals surface area contributed by atoms with E-state index in [2.05, 4.69) is 14.9 Å². The summed E-state index contributed by atoms with van der Waals surface area (Å²) >= 11 is 0. The number of phenols is 1. The number of benzene rings is 2. The van der Waals surface area contributed by atoms with Crippen molar-refractivity contribution in [3.63, 3.8) is 0 Å². The highest BCUT2D eigenvalue weighted by Crippen LogP contribution is 2.41. The number of morpholine rings is 1. The van der Waals surface area contributed by atoms with Gasteiger partial charge in [-0.1, -0.05) is 13.0 Å². The number of aryl methyl sites for hydroxylation is 1. The molecule has 8 nitrogen and oxygen atoms in total. The monoisotopic (exact) mass is 579 g/mol. The van der Waals surface area contributed by atoms with Crippen LogP contribution in [0.15, 0.2) is 30.5 Å². The normalized spacial score (nSPS) is 22.8. The number of halogens is 3. The van der Waals surface area contributed by atoms with Crippen LogP contribution in [0.1, 0.15) is 31.7 Å². The summed E-state index contributed by atoms with van der Waals surface area (Å²) in [6.07, 6.45) is 3.16. The molecule has 11 heteroatoms. The van der Waals surface area contributed by atoms with E-state index < -0.39 is 23.3 Å². The number of hydrogen-bond donors (Lipinski definition) is 1. The molecule has 3 aliphatic heterocycles. The lowest BCUT2D eigenvalue weighted by Gasteiger charge is -2.31. The van der Waals surface area contributed by atoms with Crippen molar-refractivity contribution >= 4 is 27.5 Å². The Hall–Kier alpha value is -3.70. The first-order chi connectivity index (χ1) is 20.4. The van der Waals surface area contributed by atoms with Crippen LogP contribution < -0.4 is 9.64 Å². The Morgan fingerprint density at radius 2 is 1.98 bits per heavy atom. The highest BCUT2D eigenvalue weighted by atomic mass is 19.1. The molecule has 2 aromatic heterocycles. The largest absolute Gasteiger partial charge is 0.508 e. The fourth-order valence-electron chi connectivity index (χ4n) is 6.97. The van der Waals surface area contributed by atoms with Crippen molar-refractivity contribution in [1.29, 1.82) is 0 Å². The zero-order valence-electron chi connectivity index (χ0n) is 23.4. The summed E-state index contributed by atoms with van der Waals surface area (Å²) in [6.45, 7) is 5.33. The van der Waals surface area contributed by atoms with Crippen LogP contribution in [0.2, 0.25) is 0 Å². The Balaban J connectivity index is 1.37. The number of phenolic OH excluding ortho intramolecular Hbond substituents is 1. The minimum absolute atomic E-state index is 0.00429. The van der Waals surface area contributed by atoms with Crippen molar-refractivity contribution in [3.8, 4) is 23.0 Å². The molecule has 0 bridgehead atoms. The van der Waals surface area contributed by atoms with Crippen LogP contribution in [0.5, 0.6) is 11.8 Å². The molecule has 5 heterocycles. The van der Waals surface area contributed by atoms with Crippen molar-refractivity contribution in [2.75, 3.05) is 50.9 Å².